The summed E-state index contributed by atoms with van der Waals surface area (Å²) in [5, 5.41) is 9.27. The SMILES string of the molecule is COc1cc(/C=C2\SC(=S)N(c3ccc(N(C)C)cc3)C2=O)ccc1OCc1ccccc1C#N. The van der Waals surface area contributed by atoms with E-state index in [4.69, 9.17) is 21.7 Å². The Kier molecular flexibility index (Phi) is 7.39. The number of hydrogen-bond donors (Lipinski definition) is 0. The van der Waals surface area contributed by atoms with Crippen molar-refractivity contribution in [2.75, 3.05) is 31.0 Å². The van der Waals surface area contributed by atoms with Crippen LogP contribution in [0.5, 0.6) is 11.5 Å². The second-order valence-corrected chi connectivity index (χ2v) is 9.57. The van der Waals surface area contributed by atoms with Gasteiger partial charge in [0, 0.05) is 25.3 Å². The minimum Gasteiger partial charge on any atom is -0.493 e. The number of carbonyl (C=O) groups is 1. The van der Waals surface area contributed by atoms with E-state index < -0.39 is 0 Å². The van der Waals surface area contributed by atoms with Gasteiger partial charge < -0.3 is 14.4 Å². The Morgan fingerprint density at radius 2 is 1.83 bits per heavy atom. The predicted octanol–water partition coefficient (Wildman–Crippen LogP) is 5.62. The molecule has 0 spiro atoms. The minimum atomic E-state index is -0.162. The summed E-state index contributed by atoms with van der Waals surface area (Å²) < 4.78 is 11.9. The molecule has 35 heavy (non-hydrogen) atoms. The van der Waals surface area contributed by atoms with Gasteiger partial charge in [0.05, 0.1) is 29.3 Å². The zero-order chi connectivity index (χ0) is 24.9. The summed E-state index contributed by atoms with van der Waals surface area (Å²) >= 11 is 6.76. The van der Waals surface area contributed by atoms with Crippen LogP contribution in [-0.4, -0.2) is 31.4 Å². The van der Waals surface area contributed by atoms with Gasteiger partial charge in [0.15, 0.2) is 15.8 Å². The van der Waals surface area contributed by atoms with Crippen molar-refractivity contribution in [3.8, 4) is 17.6 Å². The zero-order valence-corrected chi connectivity index (χ0v) is 21.2. The number of carbonyl (C=O) groups excluding carboxylic acids is 1. The molecule has 1 aliphatic rings. The van der Waals surface area contributed by atoms with Crippen LogP contribution in [0.2, 0.25) is 0 Å². The van der Waals surface area contributed by atoms with Crippen LogP contribution in [0.25, 0.3) is 6.08 Å². The molecule has 1 aliphatic heterocycles. The Hall–Kier alpha value is -3.80. The quantitative estimate of drug-likeness (QED) is 0.308. The summed E-state index contributed by atoms with van der Waals surface area (Å²) in [4.78, 5) is 17.2. The highest BCUT2D eigenvalue weighted by Crippen LogP contribution is 2.37. The van der Waals surface area contributed by atoms with Crippen molar-refractivity contribution in [2.24, 2.45) is 0 Å². The fraction of sp³-hybridized carbons (Fsp3) is 0.148. The van der Waals surface area contributed by atoms with E-state index in [0.717, 1.165) is 22.5 Å². The number of rotatable bonds is 7. The Balaban J connectivity index is 1.52. The van der Waals surface area contributed by atoms with Gasteiger partial charge >= 0.3 is 0 Å². The first kappa shape index (κ1) is 24.3. The molecular weight excluding hydrogens is 478 g/mol. The van der Waals surface area contributed by atoms with E-state index in [1.165, 1.54) is 11.8 Å². The summed E-state index contributed by atoms with van der Waals surface area (Å²) in [6.45, 7) is 0.241. The van der Waals surface area contributed by atoms with E-state index in [9.17, 15) is 10.1 Å². The smallest absolute Gasteiger partial charge is 0.270 e. The average molecular weight is 502 g/mol. The predicted molar refractivity (Wildman–Crippen MR) is 145 cm³/mol. The minimum absolute atomic E-state index is 0.162. The Labute approximate surface area is 214 Å². The third kappa shape index (κ3) is 5.32. The molecule has 1 amide bonds. The molecular formula is C27H23N3O3S2. The van der Waals surface area contributed by atoms with Crippen molar-refractivity contribution >= 4 is 51.7 Å². The van der Waals surface area contributed by atoms with Crippen LogP contribution >= 0.6 is 24.0 Å². The molecule has 1 fully saturated rings. The maximum absolute atomic E-state index is 13.1. The molecule has 0 N–H and O–H groups in total. The summed E-state index contributed by atoms with van der Waals surface area (Å²) in [6.07, 6.45) is 1.80. The van der Waals surface area contributed by atoms with Crippen molar-refractivity contribution in [1.29, 1.82) is 5.26 Å². The highest BCUT2D eigenvalue weighted by atomic mass is 32.2. The third-order valence-electron chi connectivity index (χ3n) is 5.42. The van der Waals surface area contributed by atoms with Gasteiger partial charge in [-0.05, 0) is 54.1 Å². The number of thiocarbonyl (C=S) groups is 1. The van der Waals surface area contributed by atoms with Crippen molar-refractivity contribution < 1.29 is 14.3 Å². The average Bonchev–Trinajstić information content (AvgIpc) is 3.15. The molecule has 0 saturated carbocycles. The van der Waals surface area contributed by atoms with Crippen molar-refractivity contribution in [3.05, 3.63) is 88.3 Å². The lowest BCUT2D eigenvalue weighted by Crippen LogP contribution is -2.27. The number of amides is 1. The first-order chi connectivity index (χ1) is 16.9. The first-order valence-corrected chi connectivity index (χ1v) is 12.0. The van der Waals surface area contributed by atoms with Crippen LogP contribution in [-0.2, 0) is 11.4 Å². The summed E-state index contributed by atoms with van der Waals surface area (Å²) in [5.41, 5.74) is 3.93. The van der Waals surface area contributed by atoms with Crippen LogP contribution < -0.4 is 19.3 Å². The molecule has 1 saturated heterocycles. The van der Waals surface area contributed by atoms with Gasteiger partial charge in [-0.2, -0.15) is 5.26 Å². The molecule has 0 aliphatic carbocycles. The molecule has 0 radical (unpaired) electrons. The van der Waals surface area contributed by atoms with E-state index in [1.54, 1.807) is 30.2 Å². The van der Waals surface area contributed by atoms with E-state index >= 15 is 0 Å². The second-order valence-electron chi connectivity index (χ2n) is 7.90. The molecule has 0 bridgehead atoms. The van der Waals surface area contributed by atoms with Gasteiger partial charge in [0.2, 0.25) is 0 Å². The molecule has 8 heteroatoms. The summed E-state index contributed by atoms with van der Waals surface area (Å²) in [7, 11) is 5.49. The lowest BCUT2D eigenvalue weighted by atomic mass is 10.1. The molecule has 3 aromatic rings. The Morgan fingerprint density at radius 1 is 1.09 bits per heavy atom. The number of methoxy groups -OCH3 is 1. The van der Waals surface area contributed by atoms with E-state index in [2.05, 4.69) is 6.07 Å². The first-order valence-electron chi connectivity index (χ1n) is 10.8. The monoisotopic (exact) mass is 501 g/mol. The number of ether oxygens (including phenoxy) is 2. The normalized spacial score (nSPS) is 14.2. The highest BCUT2D eigenvalue weighted by Gasteiger charge is 2.33. The van der Waals surface area contributed by atoms with Crippen LogP contribution in [0.1, 0.15) is 16.7 Å². The van der Waals surface area contributed by atoms with E-state index in [-0.39, 0.29) is 12.5 Å². The fourth-order valence-corrected chi connectivity index (χ4v) is 4.84. The standard InChI is InChI=1S/C27H23N3O3S2/c1-29(2)21-9-11-22(12-10-21)30-26(31)25(35-27(30)34)15-18-8-13-23(24(14-18)32-3)33-17-20-7-5-4-6-19(20)16-28/h4-15H,17H2,1-3H3/b25-15-. The number of thioether (sulfide) groups is 1. The lowest BCUT2D eigenvalue weighted by Gasteiger charge is -2.17. The van der Waals surface area contributed by atoms with E-state index in [0.29, 0.717) is 26.3 Å². The Morgan fingerprint density at radius 3 is 2.51 bits per heavy atom. The molecule has 1 heterocycles. The number of hydrogen-bond acceptors (Lipinski definition) is 7. The van der Waals surface area contributed by atoms with Gasteiger partial charge in [-0.1, -0.05) is 48.2 Å². The fourth-order valence-electron chi connectivity index (χ4n) is 3.55. The highest BCUT2D eigenvalue weighted by molar-refractivity contribution is 8.27. The topological polar surface area (TPSA) is 65.8 Å². The zero-order valence-electron chi connectivity index (χ0n) is 19.5. The van der Waals surface area contributed by atoms with Gasteiger partial charge in [-0.25, -0.2) is 0 Å². The van der Waals surface area contributed by atoms with Crippen LogP contribution in [0.15, 0.2) is 71.6 Å². The lowest BCUT2D eigenvalue weighted by molar-refractivity contribution is -0.113. The van der Waals surface area contributed by atoms with E-state index in [1.807, 2.05) is 73.6 Å². The number of nitrogens with zero attached hydrogens (tertiary/aromatic N) is 3. The van der Waals surface area contributed by atoms with Crippen molar-refractivity contribution in [1.82, 2.24) is 0 Å². The van der Waals surface area contributed by atoms with Crippen LogP contribution in [0.3, 0.4) is 0 Å². The van der Waals surface area contributed by atoms with Gasteiger partial charge in [0.1, 0.15) is 6.61 Å². The van der Waals surface area contributed by atoms with Gasteiger partial charge in [-0.15, -0.1) is 0 Å². The van der Waals surface area contributed by atoms with Crippen molar-refractivity contribution in [3.63, 3.8) is 0 Å². The summed E-state index contributed by atoms with van der Waals surface area (Å²) in [6, 6.07) is 22.6. The van der Waals surface area contributed by atoms with Gasteiger partial charge in [-0.3, -0.25) is 9.69 Å². The number of benzene rings is 3. The van der Waals surface area contributed by atoms with Gasteiger partial charge in [0.25, 0.3) is 5.91 Å². The molecule has 3 aromatic carbocycles. The number of anilines is 2. The van der Waals surface area contributed by atoms with Crippen LogP contribution in [0.4, 0.5) is 11.4 Å². The van der Waals surface area contributed by atoms with Crippen LogP contribution in [0, 0.1) is 11.3 Å². The number of nitriles is 1. The second kappa shape index (κ2) is 10.6. The maximum Gasteiger partial charge on any atom is 0.270 e. The molecule has 0 atom stereocenters. The summed E-state index contributed by atoms with van der Waals surface area (Å²) in [5.74, 6) is 0.916. The maximum atomic E-state index is 13.1. The van der Waals surface area contributed by atoms with Crippen molar-refractivity contribution in [2.45, 2.75) is 6.61 Å². The molecule has 0 unspecified atom stereocenters. The largest absolute Gasteiger partial charge is 0.493 e. The molecule has 0 aromatic heterocycles. The third-order valence-corrected chi connectivity index (χ3v) is 6.73. The molecule has 4 rings (SSSR count). The molecule has 176 valence electrons. The Bertz CT molecular complexity index is 1340. The molecule has 6 nitrogen and oxygen atoms in total.